The maximum Gasteiger partial charge on any atom is 0.258 e. The summed E-state index contributed by atoms with van der Waals surface area (Å²) in [6, 6.07) is 7.37. The first-order valence-electron chi connectivity index (χ1n) is 10.1. The van der Waals surface area contributed by atoms with Crippen LogP contribution in [-0.4, -0.2) is 24.1 Å². The van der Waals surface area contributed by atoms with Crippen molar-refractivity contribution in [3.8, 4) is 11.4 Å². The van der Waals surface area contributed by atoms with Crippen molar-refractivity contribution in [2.45, 2.75) is 49.1 Å². The Morgan fingerprint density at radius 3 is 2.77 bits per heavy atom. The van der Waals surface area contributed by atoms with Crippen LogP contribution in [-0.2, 0) is 5.75 Å². The van der Waals surface area contributed by atoms with Crippen LogP contribution in [0.3, 0.4) is 0 Å². The number of nitrogens with zero attached hydrogens (tertiary/aromatic N) is 5. The molecule has 0 radical (unpaired) electrons. The summed E-state index contributed by atoms with van der Waals surface area (Å²) in [5.74, 6) is 1.31. The Morgan fingerprint density at radius 1 is 1.13 bits per heavy atom. The maximum atomic E-state index is 12.3. The lowest BCUT2D eigenvalue weighted by molar-refractivity contribution is 0.339. The van der Waals surface area contributed by atoms with Crippen molar-refractivity contribution < 1.29 is 0 Å². The minimum Gasteiger partial charge on any atom is -0.299 e. The van der Waals surface area contributed by atoms with E-state index in [0.29, 0.717) is 26.8 Å². The van der Waals surface area contributed by atoms with Gasteiger partial charge in [0.05, 0.1) is 10.7 Å². The van der Waals surface area contributed by atoms with E-state index in [9.17, 15) is 4.79 Å². The van der Waals surface area contributed by atoms with Gasteiger partial charge in [-0.2, -0.15) is 0 Å². The summed E-state index contributed by atoms with van der Waals surface area (Å²) in [6.45, 7) is 0. The van der Waals surface area contributed by atoms with E-state index >= 15 is 0 Å². The third kappa shape index (κ3) is 4.26. The summed E-state index contributed by atoms with van der Waals surface area (Å²) in [6.07, 6.45) is 7.55. The van der Waals surface area contributed by atoms with Crippen LogP contribution in [0.25, 0.3) is 16.3 Å². The zero-order valence-electron chi connectivity index (χ0n) is 16.5. The maximum absolute atomic E-state index is 12.3. The summed E-state index contributed by atoms with van der Waals surface area (Å²) in [4.78, 5) is 17.6. The highest BCUT2D eigenvalue weighted by Crippen LogP contribution is 2.38. The molecule has 1 fully saturated rings. The van der Waals surface area contributed by atoms with Gasteiger partial charge >= 0.3 is 0 Å². The molecular weight excluding hydrogens is 473 g/mol. The monoisotopic (exact) mass is 491 g/mol. The van der Waals surface area contributed by atoms with Gasteiger partial charge in [0, 0.05) is 40.0 Å². The van der Waals surface area contributed by atoms with Crippen LogP contribution >= 0.6 is 46.3 Å². The van der Waals surface area contributed by atoms with Crippen LogP contribution in [0.4, 0.5) is 0 Å². The smallest absolute Gasteiger partial charge is 0.258 e. The highest BCUT2D eigenvalue weighted by Gasteiger charge is 2.25. The van der Waals surface area contributed by atoms with Gasteiger partial charge in [-0.1, -0.05) is 54.2 Å². The van der Waals surface area contributed by atoms with Crippen molar-refractivity contribution in [2.24, 2.45) is 0 Å². The second-order valence-electron chi connectivity index (χ2n) is 7.52. The molecule has 0 atom stereocenters. The summed E-state index contributed by atoms with van der Waals surface area (Å²) in [5.41, 5.74) is 1.50. The Hall–Kier alpha value is -1.87. The number of fused-ring (bicyclic) bond motifs is 1. The summed E-state index contributed by atoms with van der Waals surface area (Å²) < 4.78 is 3.78. The Balaban J connectivity index is 1.50. The van der Waals surface area contributed by atoms with Gasteiger partial charge in [-0.25, -0.2) is 4.98 Å². The van der Waals surface area contributed by atoms with Gasteiger partial charge < -0.3 is 0 Å². The Labute approximate surface area is 197 Å². The molecule has 3 heterocycles. The highest BCUT2D eigenvalue weighted by molar-refractivity contribution is 7.98. The van der Waals surface area contributed by atoms with E-state index in [0.717, 1.165) is 35.1 Å². The number of thiazole rings is 1. The zero-order chi connectivity index (χ0) is 21.4. The fourth-order valence-electron chi connectivity index (χ4n) is 4.00. The van der Waals surface area contributed by atoms with Gasteiger partial charge in [0.15, 0.2) is 15.9 Å². The average Bonchev–Trinajstić information content (AvgIpc) is 3.40. The molecule has 1 aliphatic rings. The SMILES string of the molecule is O=c1cc(CSc2nnc(-c3ccc(Cl)cc3Cl)n2C2CCCCC2)nc2sccn12. The number of thioether (sulfide) groups is 1. The quantitative estimate of drug-likeness (QED) is 0.314. The van der Waals surface area contributed by atoms with Crippen LogP contribution in [0.2, 0.25) is 10.0 Å². The lowest BCUT2D eigenvalue weighted by atomic mass is 9.95. The fourth-order valence-corrected chi connectivity index (χ4v) is 6.13. The average molecular weight is 492 g/mol. The molecule has 4 aromatic rings. The Bertz CT molecular complexity index is 1290. The number of hydrogen-bond acceptors (Lipinski definition) is 6. The molecule has 0 saturated heterocycles. The van der Waals surface area contributed by atoms with E-state index in [1.54, 1.807) is 34.5 Å². The van der Waals surface area contributed by atoms with Crippen LogP contribution < -0.4 is 5.56 Å². The number of halogens is 2. The standard InChI is InChI=1S/C21H19Cl2N5OS2/c22-13-6-7-16(17(23)10-13)19-25-26-21(28(19)15-4-2-1-3-5-15)31-12-14-11-18(29)27-8-9-30-20(27)24-14/h6-11,15H,1-5,12H2. The molecule has 0 N–H and O–H groups in total. The van der Waals surface area contributed by atoms with Gasteiger partial charge in [0.25, 0.3) is 5.56 Å². The Morgan fingerprint density at radius 2 is 1.97 bits per heavy atom. The summed E-state index contributed by atoms with van der Waals surface area (Å²) in [5, 5.41) is 12.8. The fraction of sp³-hybridized carbons (Fsp3) is 0.333. The van der Waals surface area contributed by atoms with Crippen molar-refractivity contribution in [3.63, 3.8) is 0 Å². The molecule has 0 aliphatic heterocycles. The minimum atomic E-state index is -0.0655. The molecule has 0 unspecified atom stereocenters. The number of hydrogen-bond donors (Lipinski definition) is 0. The lowest BCUT2D eigenvalue weighted by Gasteiger charge is -2.25. The molecule has 0 amide bonds. The summed E-state index contributed by atoms with van der Waals surface area (Å²) in [7, 11) is 0. The van der Waals surface area contributed by atoms with E-state index in [2.05, 4.69) is 19.7 Å². The van der Waals surface area contributed by atoms with Crippen LogP contribution in [0, 0.1) is 0 Å². The van der Waals surface area contributed by atoms with Crippen molar-refractivity contribution in [1.82, 2.24) is 24.1 Å². The van der Waals surface area contributed by atoms with Crippen molar-refractivity contribution in [3.05, 3.63) is 61.9 Å². The Kier molecular flexibility index (Phi) is 6.05. The first kappa shape index (κ1) is 21.0. The van der Waals surface area contributed by atoms with E-state index in [4.69, 9.17) is 23.2 Å². The second-order valence-corrected chi connectivity index (χ2v) is 10.2. The topological polar surface area (TPSA) is 65.1 Å². The van der Waals surface area contributed by atoms with Gasteiger partial charge in [-0.05, 0) is 31.0 Å². The van der Waals surface area contributed by atoms with Crippen LogP contribution in [0.5, 0.6) is 0 Å². The second kappa shape index (κ2) is 8.94. The molecule has 6 nitrogen and oxygen atoms in total. The van der Waals surface area contributed by atoms with Gasteiger partial charge in [-0.3, -0.25) is 13.8 Å². The predicted octanol–water partition coefficient (Wildman–Crippen LogP) is 6.12. The first-order valence-corrected chi connectivity index (χ1v) is 12.7. The largest absolute Gasteiger partial charge is 0.299 e. The molecule has 3 aromatic heterocycles. The van der Waals surface area contributed by atoms with Gasteiger partial charge in [-0.15, -0.1) is 21.5 Å². The van der Waals surface area contributed by atoms with E-state index in [1.807, 2.05) is 17.5 Å². The van der Waals surface area contributed by atoms with Crippen LogP contribution in [0.15, 0.2) is 45.8 Å². The first-order chi connectivity index (χ1) is 15.1. The number of benzene rings is 1. The minimum absolute atomic E-state index is 0.0655. The molecule has 160 valence electrons. The molecule has 5 rings (SSSR count). The van der Waals surface area contributed by atoms with E-state index in [1.165, 1.54) is 30.6 Å². The highest BCUT2D eigenvalue weighted by atomic mass is 35.5. The molecular formula is C21H19Cl2N5OS2. The predicted molar refractivity (Wildman–Crippen MR) is 127 cm³/mol. The molecule has 10 heteroatoms. The normalized spacial score (nSPS) is 15.0. The molecule has 0 spiro atoms. The van der Waals surface area contributed by atoms with E-state index in [-0.39, 0.29) is 5.56 Å². The van der Waals surface area contributed by atoms with Gasteiger partial charge in [0.2, 0.25) is 0 Å². The number of aromatic nitrogens is 5. The van der Waals surface area contributed by atoms with E-state index < -0.39 is 0 Å². The summed E-state index contributed by atoms with van der Waals surface area (Å²) >= 11 is 15.6. The van der Waals surface area contributed by atoms with Crippen LogP contribution in [0.1, 0.15) is 43.8 Å². The zero-order valence-corrected chi connectivity index (χ0v) is 19.6. The molecule has 31 heavy (non-hydrogen) atoms. The third-order valence-electron chi connectivity index (χ3n) is 5.48. The molecule has 1 saturated carbocycles. The lowest BCUT2D eigenvalue weighted by Crippen LogP contribution is -2.15. The van der Waals surface area contributed by atoms with Crippen molar-refractivity contribution in [2.75, 3.05) is 0 Å². The van der Waals surface area contributed by atoms with Gasteiger partial charge in [0.1, 0.15) is 0 Å². The molecule has 1 aromatic carbocycles. The molecule has 1 aliphatic carbocycles. The molecule has 0 bridgehead atoms. The van der Waals surface area contributed by atoms with Crippen molar-refractivity contribution >= 4 is 51.3 Å². The third-order valence-corrected chi connectivity index (χ3v) is 7.76. The number of rotatable bonds is 5. The van der Waals surface area contributed by atoms with Crippen molar-refractivity contribution in [1.29, 1.82) is 0 Å².